The first kappa shape index (κ1) is 22.5. The van der Waals surface area contributed by atoms with Crippen LogP contribution in [0.1, 0.15) is 24.5 Å². The number of nitrogens with one attached hydrogen (secondary N) is 1. The summed E-state index contributed by atoms with van der Waals surface area (Å²) in [5, 5.41) is 3.01. The molecule has 0 unspecified atom stereocenters. The third kappa shape index (κ3) is 6.14. The molecule has 2 aromatic rings. The van der Waals surface area contributed by atoms with Crippen molar-refractivity contribution in [3.8, 4) is 17.2 Å². The number of aryl methyl sites for hydroxylation is 1. The maximum absolute atomic E-state index is 11.9. The van der Waals surface area contributed by atoms with Crippen molar-refractivity contribution in [3.63, 3.8) is 0 Å². The van der Waals surface area contributed by atoms with Gasteiger partial charge < -0.3 is 19.5 Å². The molecule has 5 nitrogen and oxygen atoms in total. The van der Waals surface area contributed by atoms with E-state index in [2.05, 4.69) is 5.32 Å². The van der Waals surface area contributed by atoms with Crippen LogP contribution in [0, 0.1) is 6.92 Å². The Hall–Kier alpha value is -2.22. The second kappa shape index (κ2) is 10.7. The highest BCUT2D eigenvalue weighted by Gasteiger charge is 2.22. The third-order valence-electron chi connectivity index (χ3n) is 4.10. The number of thiocarbonyl (C=S) groups is 1. The summed E-state index contributed by atoms with van der Waals surface area (Å²) in [6.45, 7) is 5.34. The van der Waals surface area contributed by atoms with Crippen LogP contribution < -0.4 is 19.5 Å². The summed E-state index contributed by atoms with van der Waals surface area (Å²) in [5.74, 6) is 1.63. The zero-order chi connectivity index (χ0) is 21.5. The number of thioether (sulfide) groups is 1. The first-order chi connectivity index (χ1) is 14.5. The van der Waals surface area contributed by atoms with Crippen molar-refractivity contribution in [2.24, 2.45) is 0 Å². The van der Waals surface area contributed by atoms with Crippen LogP contribution in [0.5, 0.6) is 17.2 Å². The lowest BCUT2D eigenvalue weighted by Crippen LogP contribution is -2.17. The summed E-state index contributed by atoms with van der Waals surface area (Å²) in [5.41, 5.74) is 1.93. The van der Waals surface area contributed by atoms with Crippen molar-refractivity contribution in [2.75, 3.05) is 19.8 Å². The van der Waals surface area contributed by atoms with Crippen molar-refractivity contribution in [1.29, 1.82) is 0 Å². The van der Waals surface area contributed by atoms with Gasteiger partial charge in [0, 0.05) is 6.42 Å². The van der Waals surface area contributed by atoms with Gasteiger partial charge in [0.2, 0.25) is 0 Å². The molecule has 0 bridgehead atoms. The fraction of sp³-hybridized carbons (Fsp3) is 0.273. The van der Waals surface area contributed by atoms with Crippen LogP contribution in [0.3, 0.4) is 0 Å². The minimum absolute atomic E-state index is 0.215. The Morgan fingerprint density at radius 1 is 1.13 bits per heavy atom. The third-order valence-corrected chi connectivity index (χ3v) is 5.54. The molecule has 0 aromatic heterocycles. The van der Waals surface area contributed by atoms with E-state index in [0.29, 0.717) is 52.0 Å². The Morgan fingerprint density at radius 3 is 2.53 bits per heavy atom. The van der Waals surface area contributed by atoms with Gasteiger partial charge in [0.05, 0.1) is 29.7 Å². The molecule has 0 aliphatic carbocycles. The van der Waals surface area contributed by atoms with E-state index >= 15 is 0 Å². The maximum atomic E-state index is 11.9. The van der Waals surface area contributed by atoms with Gasteiger partial charge in [0.1, 0.15) is 10.1 Å². The van der Waals surface area contributed by atoms with Gasteiger partial charge in [-0.05, 0) is 49.8 Å². The molecule has 0 radical (unpaired) electrons. The molecule has 1 saturated heterocycles. The van der Waals surface area contributed by atoms with Crippen LogP contribution in [0.4, 0.5) is 0 Å². The number of hydrogen-bond donors (Lipinski definition) is 1. The second-order valence-corrected chi connectivity index (χ2v) is 8.60. The van der Waals surface area contributed by atoms with Gasteiger partial charge >= 0.3 is 0 Å². The first-order valence-corrected chi connectivity index (χ1v) is 11.1. The van der Waals surface area contributed by atoms with Gasteiger partial charge in [0.25, 0.3) is 5.91 Å². The summed E-state index contributed by atoms with van der Waals surface area (Å²) in [7, 11) is 0. The van der Waals surface area contributed by atoms with Crippen LogP contribution >= 0.6 is 35.6 Å². The smallest absolute Gasteiger partial charge is 0.263 e. The largest absolute Gasteiger partial charge is 0.493 e. The highest BCUT2D eigenvalue weighted by atomic mass is 35.5. The Balaban J connectivity index is 1.62. The number of hydrogen-bond acceptors (Lipinski definition) is 6. The number of rotatable bonds is 9. The van der Waals surface area contributed by atoms with E-state index in [-0.39, 0.29) is 5.91 Å². The summed E-state index contributed by atoms with van der Waals surface area (Å²) in [6, 6.07) is 11.5. The molecule has 1 fully saturated rings. The molecular weight excluding hydrogens is 442 g/mol. The lowest BCUT2D eigenvalue weighted by atomic mass is 10.2. The van der Waals surface area contributed by atoms with Crippen LogP contribution in [-0.4, -0.2) is 30.0 Å². The highest BCUT2D eigenvalue weighted by Crippen LogP contribution is 2.38. The van der Waals surface area contributed by atoms with Crippen molar-refractivity contribution in [1.82, 2.24) is 5.32 Å². The van der Waals surface area contributed by atoms with Crippen molar-refractivity contribution >= 4 is 51.9 Å². The fourth-order valence-corrected chi connectivity index (χ4v) is 4.02. The van der Waals surface area contributed by atoms with Crippen molar-refractivity contribution < 1.29 is 19.0 Å². The molecule has 30 heavy (non-hydrogen) atoms. The average molecular weight is 464 g/mol. The van der Waals surface area contributed by atoms with Crippen LogP contribution in [0.25, 0.3) is 6.08 Å². The maximum Gasteiger partial charge on any atom is 0.263 e. The average Bonchev–Trinajstić information content (AvgIpc) is 3.01. The lowest BCUT2D eigenvalue weighted by molar-refractivity contribution is -0.115. The molecule has 0 spiro atoms. The molecule has 2 aromatic carbocycles. The predicted molar refractivity (Wildman–Crippen MR) is 126 cm³/mol. The van der Waals surface area contributed by atoms with E-state index in [1.165, 1.54) is 17.3 Å². The van der Waals surface area contributed by atoms with Gasteiger partial charge in [-0.3, -0.25) is 4.79 Å². The van der Waals surface area contributed by atoms with Gasteiger partial charge in [-0.15, -0.1) is 0 Å². The normalized spacial score (nSPS) is 14.7. The highest BCUT2D eigenvalue weighted by molar-refractivity contribution is 8.26. The number of benzene rings is 2. The fourth-order valence-electron chi connectivity index (χ4n) is 2.70. The number of amides is 1. The Bertz CT molecular complexity index is 960. The van der Waals surface area contributed by atoms with E-state index in [4.69, 9.17) is 38.0 Å². The Labute approximate surface area is 190 Å². The lowest BCUT2D eigenvalue weighted by Gasteiger charge is -2.15. The topological polar surface area (TPSA) is 56.8 Å². The van der Waals surface area contributed by atoms with E-state index < -0.39 is 0 Å². The SMILES string of the molecule is CCOc1cc(/C=C2/SC(=S)NC2=O)cc(Cl)c1OCCCOc1ccc(C)cc1. The summed E-state index contributed by atoms with van der Waals surface area (Å²) in [4.78, 5) is 12.4. The summed E-state index contributed by atoms with van der Waals surface area (Å²) < 4.78 is 17.7. The number of ether oxygens (including phenoxy) is 3. The molecule has 1 N–H and O–H groups in total. The minimum atomic E-state index is -0.215. The molecule has 1 amide bonds. The molecule has 1 heterocycles. The van der Waals surface area contributed by atoms with Gasteiger partial charge in [-0.2, -0.15) is 0 Å². The standard InChI is InChI=1S/C22H22ClNO4S2/c1-3-26-18-12-15(13-19-21(25)24-22(29)30-19)11-17(23)20(18)28-10-4-9-27-16-7-5-14(2)6-8-16/h5-8,11-13H,3-4,9-10H2,1-2H3,(H,24,25,29)/b19-13+. The minimum Gasteiger partial charge on any atom is -0.493 e. The number of halogens is 1. The molecular formula is C22H22ClNO4S2. The summed E-state index contributed by atoms with van der Waals surface area (Å²) >= 11 is 12.7. The van der Waals surface area contributed by atoms with Crippen LogP contribution in [-0.2, 0) is 4.79 Å². The van der Waals surface area contributed by atoms with Crippen molar-refractivity contribution in [2.45, 2.75) is 20.3 Å². The first-order valence-electron chi connectivity index (χ1n) is 9.49. The van der Waals surface area contributed by atoms with Gasteiger partial charge in [-0.1, -0.05) is 53.3 Å². The quantitative estimate of drug-likeness (QED) is 0.306. The van der Waals surface area contributed by atoms with Crippen molar-refractivity contribution in [3.05, 3.63) is 57.5 Å². The Morgan fingerprint density at radius 2 is 1.87 bits per heavy atom. The number of carbonyl (C=O) groups excluding carboxylic acids is 1. The van der Waals surface area contributed by atoms with E-state index in [1.807, 2.05) is 38.1 Å². The van der Waals surface area contributed by atoms with Crippen LogP contribution in [0.2, 0.25) is 5.02 Å². The molecule has 0 saturated carbocycles. The molecule has 158 valence electrons. The van der Waals surface area contributed by atoms with E-state index in [9.17, 15) is 4.79 Å². The second-order valence-electron chi connectivity index (χ2n) is 6.48. The monoisotopic (exact) mass is 463 g/mol. The zero-order valence-corrected chi connectivity index (χ0v) is 19.1. The predicted octanol–water partition coefficient (Wildman–Crippen LogP) is 5.38. The van der Waals surface area contributed by atoms with Gasteiger partial charge in [0.15, 0.2) is 11.5 Å². The molecule has 3 rings (SSSR count). The molecule has 1 aliphatic heterocycles. The number of carbonyl (C=O) groups is 1. The molecule has 8 heteroatoms. The Kier molecular flexibility index (Phi) is 8.01. The zero-order valence-electron chi connectivity index (χ0n) is 16.7. The van der Waals surface area contributed by atoms with E-state index in [1.54, 1.807) is 18.2 Å². The van der Waals surface area contributed by atoms with Crippen LogP contribution in [0.15, 0.2) is 41.3 Å². The molecule has 1 aliphatic rings. The summed E-state index contributed by atoms with van der Waals surface area (Å²) in [6.07, 6.45) is 2.42. The molecule has 0 atom stereocenters. The van der Waals surface area contributed by atoms with Gasteiger partial charge in [-0.25, -0.2) is 0 Å². The van der Waals surface area contributed by atoms with E-state index in [0.717, 1.165) is 11.3 Å².